The highest BCUT2D eigenvalue weighted by atomic mass is 16.4. The molecular weight excluding hydrogens is 166 g/mol. The minimum atomic E-state index is -0.645. The van der Waals surface area contributed by atoms with Crippen LogP contribution in [0.3, 0.4) is 0 Å². The van der Waals surface area contributed by atoms with Crippen LogP contribution in [-0.4, -0.2) is 15.6 Å². The van der Waals surface area contributed by atoms with Gasteiger partial charge in [0, 0.05) is 25.4 Å². The van der Waals surface area contributed by atoms with Crippen molar-refractivity contribution in [1.29, 1.82) is 0 Å². The first-order valence-corrected chi connectivity index (χ1v) is 4.48. The highest BCUT2D eigenvalue weighted by Crippen LogP contribution is 2.48. The molecule has 3 nitrogen and oxygen atoms in total. The molecule has 1 saturated carbocycles. The van der Waals surface area contributed by atoms with Gasteiger partial charge in [-0.1, -0.05) is 0 Å². The topological polar surface area (TPSA) is 42.2 Å². The van der Waals surface area contributed by atoms with E-state index in [-0.39, 0.29) is 0 Å². The zero-order valence-corrected chi connectivity index (χ0v) is 7.66. The molecule has 0 spiro atoms. The van der Waals surface area contributed by atoms with Crippen LogP contribution >= 0.6 is 0 Å². The summed E-state index contributed by atoms with van der Waals surface area (Å²) in [7, 11) is 1.95. The van der Waals surface area contributed by atoms with Crippen molar-refractivity contribution in [3.05, 3.63) is 24.0 Å². The Morgan fingerprint density at radius 3 is 2.77 bits per heavy atom. The Balaban J connectivity index is 2.15. The average Bonchev–Trinajstić information content (AvgIpc) is 2.74. The summed E-state index contributed by atoms with van der Waals surface area (Å²) >= 11 is 0. The number of carboxylic acid groups (broad SMARTS) is 1. The molecule has 1 aliphatic carbocycles. The van der Waals surface area contributed by atoms with Crippen molar-refractivity contribution < 1.29 is 9.90 Å². The fourth-order valence-corrected chi connectivity index (χ4v) is 1.64. The minimum Gasteiger partial charge on any atom is -0.481 e. The normalized spacial score (nSPS) is 18.5. The lowest BCUT2D eigenvalue weighted by atomic mass is 10.0. The van der Waals surface area contributed by atoms with Crippen molar-refractivity contribution in [2.75, 3.05) is 0 Å². The molecule has 2 rings (SSSR count). The third-order valence-corrected chi connectivity index (χ3v) is 2.88. The van der Waals surface area contributed by atoms with E-state index in [4.69, 9.17) is 5.11 Å². The second-order valence-corrected chi connectivity index (χ2v) is 3.87. The van der Waals surface area contributed by atoms with Crippen LogP contribution in [0.4, 0.5) is 0 Å². The lowest BCUT2D eigenvalue weighted by Crippen LogP contribution is -2.18. The molecule has 3 heteroatoms. The second-order valence-electron chi connectivity index (χ2n) is 3.87. The predicted octanol–water partition coefficient (Wildman–Crippen LogP) is 1.43. The largest absolute Gasteiger partial charge is 0.481 e. The van der Waals surface area contributed by atoms with Crippen LogP contribution in [0, 0.1) is 5.41 Å². The van der Waals surface area contributed by atoms with Crippen LogP contribution < -0.4 is 0 Å². The van der Waals surface area contributed by atoms with Crippen LogP contribution in [-0.2, 0) is 18.3 Å². The van der Waals surface area contributed by atoms with Crippen molar-refractivity contribution in [2.24, 2.45) is 12.5 Å². The Bertz CT molecular complexity index is 336. The number of nitrogens with zero attached hydrogens (tertiary/aromatic N) is 1. The summed E-state index contributed by atoms with van der Waals surface area (Å²) in [5, 5.41) is 8.98. The van der Waals surface area contributed by atoms with Gasteiger partial charge in [-0.3, -0.25) is 4.79 Å². The van der Waals surface area contributed by atoms with Gasteiger partial charge in [0.25, 0.3) is 0 Å². The first-order chi connectivity index (χ1) is 6.14. The molecule has 0 unspecified atom stereocenters. The van der Waals surface area contributed by atoms with Gasteiger partial charge < -0.3 is 9.67 Å². The highest BCUT2D eigenvalue weighted by Gasteiger charge is 2.50. The summed E-state index contributed by atoms with van der Waals surface area (Å²) < 4.78 is 1.99. The van der Waals surface area contributed by atoms with Gasteiger partial charge in [0.15, 0.2) is 0 Å². The Morgan fingerprint density at radius 1 is 1.69 bits per heavy atom. The van der Waals surface area contributed by atoms with E-state index in [1.54, 1.807) is 0 Å². The van der Waals surface area contributed by atoms with E-state index in [9.17, 15) is 4.79 Å². The Morgan fingerprint density at radius 2 is 2.38 bits per heavy atom. The molecule has 0 radical (unpaired) electrons. The highest BCUT2D eigenvalue weighted by molar-refractivity contribution is 5.78. The third-order valence-electron chi connectivity index (χ3n) is 2.88. The molecule has 1 fully saturated rings. The van der Waals surface area contributed by atoms with Gasteiger partial charge in [-0.25, -0.2) is 0 Å². The maximum absolute atomic E-state index is 10.9. The van der Waals surface area contributed by atoms with Crippen LogP contribution in [0.5, 0.6) is 0 Å². The first-order valence-electron chi connectivity index (χ1n) is 4.48. The van der Waals surface area contributed by atoms with E-state index in [1.165, 1.54) is 0 Å². The Kier molecular flexibility index (Phi) is 1.68. The molecule has 1 aromatic heterocycles. The molecule has 0 saturated heterocycles. The van der Waals surface area contributed by atoms with Crippen LogP contribution in [0.1, 0.15) is 18.5 Å². The fraction of sp³-hybridized carbons (Fsp3) is 0.500. The van der Waals surface area contributed by atoms with Gasteiger partial charge in [-0.05, 0) is 25.0 Å². The van der Waals surface area contributed by atoms with Crippen molar-refractivity contribution >= 4 is 5.97 Å². The van der Waals surface area contributed by atoms with E-state index in [1.807, 2.05) is 29.9 Å². The summed E-state index contributed by atoms with van der Waals surface area (Å²) in [6, 6.07) is 3.94. The molecule has 1 aliphatic rings. The van der Waals surface area contributed by atoms with Crippen LogP contribution in [0.2, 0.25) is 0 Å². The number of aryl methyl sites for hydroxylation is 1. The quantitative estimate of drug-likeness (QED) is 0.762. The predicted molar refractivity (Wildman–Crippen MR) is 48.4 cm³/mol. The maximum Gasteiger partial charge on any atom is 0.310 e. The molecule has 1 aromatic rings. The monoisotopic (exact) mass is 179 g/mol. The second kappa shape index (κ2) is 2.62. The van der Waals surface area contributed by atoms with Gasteiger partial charge in [-0.15, -0.1) is 0 Å². The number of aromatic nitrogens is 1. The smallest absolute Gasteiger partial charge is 0.310 e. The number of rotatable bonds is 3. The van der Waals surface area contributed by atoms with Crippen molar-refractivity contribution in [3.8, 4) is 0 Å². The van der Waals surface area contributed by atoms with E-state index in [0.29, 0.717) is 6.42 Å². The minimum absolute atomic E-state index is 0.438. The lowest BCUT2D eigenvalue weighted by Gasteiger charge is -2.09. The zero-order valence-electron chi connectivity index (χ0n) is 7.66. The van der Waals surface area contributed by atoms with E-state index >= 15 is 0 Å². The number of carboxylic acids is 1. The number of aliphatic carboxylic acids is 1. The van der Waals surface area contributed by atoms with Gasteiger partial charge in [-0.2, -0.15) is 0 Å². The molecule has 0 aliphatic heterocycles. The summed E-state index contributed by atoms with van der Waals surface area (Å²) in [6.45, 7) is 0. The van der Waals surface area contributed by atoms with Gasteiger partial charge in [0.05, 0.1) is 5.41 Å². The molecular formula is C10H13NO2. The molecule has 1 N–H and O–H groups in total. The lowest BCUT2D eigenvalue weighted by molar-refractivity contribution is -0.143. The number of hydrogen-bond donors (Lipinski definition) is 1. The SMILES string of the molecule is Cn1cccc1CC1(C(=O)O)CC1. The van der Waals surface area contributed by atoms with Gasteiger partial charge >= 0.3 is 5.97 Å². The molecule has 13 heavy (non-hydrogen) atoms. The first kappa shape index (κ1) is 8.35. The van der Waals surface area contributed by atoms with E-state index < -0.39 is 11.4 Å². The van der Waals surface area contributed by atoms with Crippen LogP contribution in [0.25, 0.3) is 0 Å². The Labute approximate surface area is 77.0 Å². The zero-order chi connectivity index (χ0) is 9.47. The standard InChI is InChI=1S/C10H13NO2/c1-11-6-2-3-8(11)7-10(4-5-10)9(12)13/h2-3,6H,4-5,7H2,1H3,(H,12,13). The van der Waals surface area contributed by atoms with Crippen molar-refractivity contribution in [3.63, 3.8) is 0 Å². The Hall–Kier alpha value is -1.25. The van der Waals surface area contributed by atoms with E-state index in [2.05, 4.69) is 0 Å². The molecule has 0 atom stereocenters. The van der Waals surface area contributed by atoms with Crippen molar-refractivity contribution in [2.45, 2.75) is 19.3 Å². The van der Waals surface area contributed by atoms with Crippen LogP contribution in [0.15, 0.2) is 18.3 Å². The summed E-state index contributed by atoms with van der Waals surface area (Å²) in [4.78, 5) is 10.9. The average molecular weight is 179 g/mol. The molecule has 70 valence electrons. The number of carbonyl (C=O) groups is 1. The third kappa shape index (κ3) is 1.34. The summed E-state index contributed by atoms with van der Waals surface area (Å²) in [5.41, 5.74) is 0.673. The fourth-order valence-electron chi connectivity index (χ4n) is 1.64. The molecule has 1 heterocycles. The molecule has 0 aromatic carbocycles. The van der Waals surface area contributed by atoms with E-state index in [0.717, 1.165) is 18.5 Å². The molecule has 0 amide bonds. The molecule has 0 bridgehead atoms. The maximum atomic E-state index is 10.9. The summed E-state index contributed by atoms with van der Waals surface area (Å²) in [5.74, 6) is -0.645. The van der Waals surface area contributed by atoms with Gasteiger partial charge in [0.2, 0.25) is 0 Å². The number of hydrogen-bond acceptors (Lipinski definition) is 1. The van der Waals surface area contributed by atoms with Gasteiger partial charge in [0.1, 0.15) is 0 Å². The van der Waals surface area contributed by atoms with Crippen molar-refractivity contribution in [1.82, 2.24) is 4.57 Å². The summed E-state index contributed by atoms with van der Waals surface area (Å²) in [6.07, 6.45) is 4.28.